The molecule has 0 amide bonds. The highest BCUT2D eigenvalue weighted by molar-refractivity contribution is 6.07. The molecule has 0 saturated heterocycles. The molecule has 3 heteroatoms. The quantitative estimate of drug-likeness (QED) is 0.642. The van der Waals surface area contributed by atoms with E-state index in [9.17, 15) is 4.79 Å². The molecule has 0 saturated carbocycles. The van der Waals surface area contributed by atoms with Gasteiger partial charge in [-0.15, -0.1) is 0 Å². The number of aryl methyl sites for hydroxylation is 2. The van der Waals surface area contributed by atoms with Crippen LogP contribution < -0.4 is 0 Å². The Balaban J connectivity index is 2.91. The van der Waals surface area contributed by atoms with Crippen LogP contribution in [0, 0.1) is 6.92 Å². The standard InChI is InChI=1S/C11H12N2O/c1-7-11-9(8(2)14)5-4-6-10(11)12-13(7)3/h4-6H,1-3H3. The third-order valence-corrected chi connectivity index (χ3v) is 2.53. The maximum atomic E-state index is 11.4. The molecule has 2 aromatic rings. The molecular weight excluding hydrogens is 176 g/mol. The lowest BCUT2D eigenvalue weighted by Gasteiger charge is -1.98. The van der Waals surface area contributed by atoms with Crippen molar-refractivity contribution in [3.05, 3.63) is 29.5 Å². The van der Waals surface area contributed by atoms with Crippen LogP contribution in [0.2, 0.25) is 0 Å². The van der Waals surface area contributed by atoms with Crippen LogP contribution in [0.5, 0.6) is 0 Å². The normalized spacial score (nSPS) is 10.8. The van der Waals surface area contributed by atoms with E-state index in [1.807, 2.05) is 32.2 Å². The first kappa shape index (κ1) is 8.94. The van der Waals surface area contributed by atoms with Crippen LogP contribution in [0.1, 0.15) is 23.0 Å². The topological polar surface area (TPSA) is 34.9 Å². The Morgan fingerprint density at radius 3 is 2.79 bits per heavy atom. The molecular formula is C11H12N2O. The molecule has 0 aliphatic rings. The van der Waals surface area contributed by atoms with Crippen molar-refractivity contribution in [2.45, 2.75) is 13.8 Å². The average Bonchev–Trinajstić information content (AvgIpc) is 2.43. The summed E-state index contributed by atoms with van der Waals surface area (Å²) in [6.07, 6.45) is 0. The van der Waals surface area contributed by atoms with E-state index in [0.717, 1.165) is 22.2 Å². The van der Waals surface area contributed by atoms with Crippen molar-refractivity contribution in [1.29, 1.82) is 0 Å². The molecule has 0 spiro atoms. The molecule has 0 radical (unpaired) electrons. The predicted molar refractivity (Wildman–Crippen MR) is 55.5 cm³/mol. The number of aromatic nitrogens is 2. The minimum absolute atomic E-state index is 0.0895. The molecule has 0 bridgehead atoms. The molecule has 0 aliphatic heterocycles. The van der Waals surface area contributed by atoms with Gasteiger partial charge >= 0.3 is 0 Å². The maximum Gasteiger partial charge on any atom is 0.160 e. The Hall–Kier alpha value is -1.64. The first-order valence-corrected chi connectivity index (χ1v) is 4.54. The lowest BCUT2D eigenvalue weighted by atomic mass is 10.1. The van der Waals surface area contributed by atoms with Crippen LogP contribution in [0.25, 0.3) is 10.9 Å². The summed E-state index contributed by atoms with van der Waals surface area (Å²) >= 11 is 0. The van der Waals surface area contributed by atoms with Crippen molar-refractivity contribution in [1.82, 2.24) is 9.78 Å². The predicted octanol–water partition coefficient (Wildman–Crippen LogP) is 2.08. The number of carbonyl (C=O) groups is 1. The van der Waals surface area contributed by atoms with Crippen LogP contribution in [0.15, 0.2) is 18.2 Å². The zero-order valence-corrected chi connectivity index (χ0v) is 8.53. The monoisotopic (exact) mass is 188 g/mol. The van der Waals surface area contributed by atoms with Gasteiger partial charge in [-0.25, -0.2) is 0 Å². The lowest BCUT2D eigenvalue weighted by Crippen LogP contribution is -1.95. The highest BCUT2D eigenvalue weighted by Crippen LogP contribution is 2.21. The van der Waals surface area contributed by atoms with E-state index in [4.69, 9.17) is 0 Å². The number of nitrogens with zero attached hydrogens (tertiary/aromatic N) is 2. The number of hydrogen-bond donors (Lipinski definition) is 0. The summed E-state index contributed by atoms with van der Waals surface area (Å²) in [5.74, 6) is 0.0895. The number of rotatable bonds is 1. The Morgan fingerprint density at radius 2 is 2.14 bits per heavy atom. The second-order valence-corrected chi connectivity index (χ2v) is 3.46. The summed E-state index contributed by atoms with van der Waals surface area (Å²) < 4.78 is 1.80. The lowest BCUT2D eigenvalue weighted by molar-refractivity contribution is 0.101. The van der Waals surface area contributed by atoms with Gasteiger partial charge in [-0.05, 0) is 19.9 Å². The molecule has 0 N–H and O–H groups in total. The number of fused-ring (bicyclic) bond motifs is 1. The van der Waals surface area contributed by atoms with Crippen molar-refractivity contribution in [3.63, 3.8) is 0 Å². The van der Waals surface area contributed by atoms with E-state index in [1.54, 1.807) is 11.6 Å². The Morgan fingerprint density at radius 1 is 1.43 bits per heavy atom. The van der Waals surface area contributed by atoms with Gasteiger partial charge in [-0.3, -0.25) is 9.48 Å². The van der Waals surface area contributed by atoms with Gasteiger partial charge in [-0.2, -0.15) is 5.10 Å². The Bertz CT molecular complexity index is 511. The van der Waals surface area contributed by atoms with Gasteiger partial charge in [0, 0.05) is 23.7 Å². The smallest absolute Gasteiger partial charge is 0.160 e. The molecule has 3 nitrogen and oxygen atoms in total. The molecule has 1 aromatic heterocycles. The maximum absolute atomic E-state index is 11.4. The third kappa shape index (κ3) is 1.13. The second kappa shape index (κ2) is 2.94. The van der Waals surface area contributed by atoms with Crippen molar-refractivity contribution in [2.24, 2.45) is 7.05 Å². The van der Waals surface area contributed by atoms with E-state index >= 15 is 0 Å². The van der Waals surface area contributed by atoms with Gasteiger partial charge in [0.2, 0.25) is 0 Å². The van der Waals surface area contributed by atoms with Crippen LogP contribution in [0.3, 0.4) is 0 Å². The SMILES string of the molecule is CC(=O)c1cccc2nn(C)c(C)c12. The molecule has 2 rings (SSSR count). The molecule has 0 aliphatic carbocycles. The molecule has 0 atom stereocenters. The highest BCUT2D eigenvalue weighted by atomic mass is 16.1. The largest absolute Gasteiger partial charge is 0.294 e. The minimum atomic E-state index is 0.0895. The van der Waals surface area contributed by atoms with E-state index in [2.05, 4.69) is 5.10 Å². The summed E-state index contributed by atoms with van der Waals surface area (Å²) in [5.41, 5.74) is 2.68. The molecule has 14 heavy (non-hydrogen) atoms. The van der Waals surface area contributed by atoms with Crippen molar-refractivity contribution >= 4 is 16.7 Å². The number of ketones is 1. The number of hydrogen-bond acceptors (Lipinski definition) is 2. The number of benzene rings is 1. The fourth-order valence-electron chi connectivity index (χ4n) is 1.70. The van der Waals surface area contributed by atoms with Crippen molar-refractivity contribution in [3.8, 4) is 0 Å². The number of carbonyl (C=O) groups excluding carboxylic acids is 1. The van der Waals surface area contributed by atoms with Crippen LogP contribution in [-0.4, -0.2) is 15.6 Å². The summed E-state index contributed by atoms with van der Waals surface area (Å²) in [5, 5.41) is 5.29. The summed E-state index contributed by atoms with van der Waals surface area (Å²) in [6, 6.07) is 5.64. The van der Waals surface area contributed by atoms with Gasteiger partial charge in [0.15, 0.2) is 5.78 Å². The highest BCUT2D eigenvalue weighted by Gasteiger charge is 2.11. The van der Waals surface area contributed by atoms with E-state index in [-0.39, 0.29) is 5.78 Å². The summed E-state index contributed by atoms with van der Waals surface area (Å²) in [7, 11) is 1.89. The zero-order valence-electron chi connectivity index (χ0n) is 8.53. The van der Waals surface area contributed by atoms with Crippen LogP contribution in [0.4, 0.5) is 0 Å². The van der Waals surface area contributed by atoms with E-state index in [1.165, 1.54) is 0 Å². The van der Waals surface area contributed by atoms with Crippen LogP contribution >= 0.6 is 0 Å². The van der Waals surface area contributed by atoms with Gasteiger partial charge in [-0.1, -0.05) is 12.1 Å². The van der Waals surface area contributed by atoms with E-state index < -0.39 is 0 Å². The van der Waals surface area contributed by atoms with Gasteiger partial charge < -0.3 is 0 Å². The summed E-state index contributed by atoms with van der Waals surface area (Å²) in [4.78, 5) is 11.4. The van der Waals surface area contributed by atoms with Crippen LogP contribution in [-0.2, 0) is 7.05 Å². The molecule has 72 valence electrons. The minimum Gasteiger partial charge on any atom is -0.294 e. The number of Topliss-reactive ketones (excluding diaryl/α,β-unsaturated/α-hetero) is 1. The van der Waals surface area contributed by atoms with E-state index in [0.29, 0.717) is 0 Å². The van der Waals surface area contributed by atoms with Crippen molar-refractivity contribution < 1.29 is 4.79 Å². The molecule has 1 heterocycles. The molecule has 0 fully saturated rings. The average molecular weight is 188 g/mol. The fraction of sp³-hybridized carbons (Fsp3) is 0.273. The first-order chi connectivity index (χ1) is 6.61. The molecule has 1 aromatic carbocycles. The Labute approximate surface area is 82.3 Å². The van der Waals surface area contributed by atoms with Gasteiger partial charge in [0.25, 0.3) is 0 Å². The Kier molecular flexibility index (Phi) is 1.88. The molecule has 0 unspecified atom stereocenters. The van der Waals surface area contributed by atoms with Gasteiger partial charge in [0.1, 0.15) is 0 Å². The first-order valence-electron chi connectivity index (χ1n) is 4.54. The van der Waals surface area contributed by atoms with Gasteiger partial charge in [0.05, 0.1) is 5.52 Å². The van der Waals surface area contributed by atoms with Crippen molar-refractivity contribution in [2.75, 3.05) is 0 Å². The summed E-state index contributed by atoms with van der Waals surface area (Å²) in [6.45, 7) is 3.56. The fourth-order valence-corrected chi connectivity index (χ4v) is 1.70. The second-order valence-electron chi connectivity index (χ2n) is 3.46. The third-order valence-electron chi connectivity index (χ3n) is 2.53. The zero-order chi connectivity index (χ0) is 10.3.